The van der Waals surface area contributed by atoms with Crippen LogP contribution < -0.4 is 15.9 Å². The summed E-state index contributed by atoms with van der Waals surface area (Å²) in [4.78, 5) is 29.0. The van der Waals surface area contributed by atoms with E-state index in [2.05, 4.69) is 16.2 Å². The fraction of sp³-hybridized carbons (Fsp3) is 0.185. The number of nitrogens with one attached hydrogen (secondary N) is 1. The second-order valence-electron chi connectivity index (χ2n) is 8.93. The van der Waals surface area contributed by atoms with Crippen molar-refractivity contribution in [3.8, 4) is 40.0 Å². The number of H-pyrrole nitrogens is 1. The molecule has 9 nitrogen and oxygen atoms in total. The van der Waals surface area contributed by atoms with Crippen LogP contribution in [0, 0.1) is 25.2 Å². The molecule has 0 amide bonds. The Balaban J connectivity index is 0.00000320. The lowest BCUT2D eigenvalue weighted by Crippen LogP contribution is -2.18. The van der Waals surface area contributed by atoms with Crippen molar-refractivity contribution < 1.29 is 6.16 Å². The summed E-state index contributed by atoms with van der Waals surface area (Å²) in [6.07, 6.45) is 5.08. The third-order valence-electron chi connectivity index (χ3n) is 6.29. The molecule has 9 heteroatoms. The molecule has 0 fully saturated rings. The van der Waals surface area contributed by atoms with Gasteiger partial charge in [-0.2, -0.15) is 10.4 Å². The highest BCUT2D eigenvalue weighted by molar-refractivity contribution is 5.98. The van der Waals surface area contributed by atoms with E-state index in [0.717, 1.165) is 11.1 Å². The van der Waals surface area contributed by atoms with Gasteiger partial charge in [-0.15, -0.1) is 0 Å². The average Bonchev–Trinajstić information content (AvgIpc) is 3.44. The minimum absolute atomic E-state index is 0. The Labute approximate surface area is 207 Å². The van der Waals surface area contributed by atoms with Gasteiger partial charge in [0.2, 0.25) is 0 Å². The van der Waals surface area contributed by atoms with Gasteiger partial charge in [-0.3, -0.25) is 14.3 Å². The van der Waals surface area contributed by atoms with E-state index in [0.29, 0.717) is 44.8 Å². The first-order chi connectivity index (χ1) is 17.2. The van der Waals surface area contributed by atoms with Gasteiger partial charge in [0.1, 0.15) is 17.3 Å². The summed E-state index contributed by atoms with van der Waals surface area (Å²) in [6.45, 7) is 3.93. The molecule has 5 rings (SSSR count). The first-order valence-corrected chi connectivity index (χ1v) is 11.3. The maximum absolute atomic E-state index is 13.1. The van der Waals surface area contributed by atoms with Crippen molar-refractivity contribution in [1.29, 1.82) is 5.26 Å². The van der Waals surface area contributed by atoms with Crippen LogP contribution in [0.25, 0.3) is 33.3 Å². The van der Waals surface area contributed by atoms with E-state index < -0.39 is 0 Å². The monoisotopic (exact) mass is 482 g/mol. The zero-order valence-corrected chi connectivity index (χ0v) is 20.6. The van der Waals surface area contributed by atoms with E-state index >= 15 is 0 Å². The number of aromatic nitrogens is 5. The van der Waals surface area contributed by atoms with E-state index in [1.54, 1.807) is 44.4 Å². The molecule has 182 valence electrons. The second-order valence-corrected chi connectivity index (χ2v) is 8.93. The topological polar surface area (TPSA) is 111 Å². The molecule has 0 radical (unpaired) electrons. The Morgan fingerprint density at radius 3 is 2.39 bits per heavy atom. The number of hydrogen-bond acceptors (Lipinski definition) is 5. The van der Waals surface area contributed by atoms with Crippen molar-refractivity contribution in [3.05, 3.63) is 86.5 Å². The molecule has 1 aromatic carbocycles. The van der Waals surface area contributed by atoms with E-state index in [1.165, 1.54) is 15.2 Å². The van der Waals surface area contributed by atoms with E-state index in [1.807, 2.05) is 38.1 Å². The number of benzene rings is 1. The minimum atomic E-state index is -0.233. The summed E-state index contributed by atoms with van der Waals surface area (Å²) in [5.41, 5.74) is 4.45. The first-order valence-electron chi connectivity index (χ1n) is 11.3. The van der Waals surface area contributed by atoms with Gasteiger partial charge in [-0.1, -0.05) is 18.2 Å². The van der Waals surface area contributed by atoms with Gasteiger partial charge in [0.05, 0.1) is 17.5 Å². The smallest absolute Gasteiger partial charge is 0.274 e. The van der Waals surface area contributed by atoms with Crippen LogP contribution in [0.15, 0.2) is 58.5 Å². The van der Waals surface area contributed by atoms with Gasteiger partial charge < -0.3 is 18.9 Å². The van der Waals surface area contributed by atoms with Crippen molar-refractivity contribution >= 4 is 10.9 Å². The number of fused-ring (bicyclic) bond motifs is 1. The number of nitriles is 1. The van der Waals surface area contributed by atoms with Crippen molar-refractivity contribution in [2.24, 2.45) is 21.1 Å². The van der Waals surface area contributed by atoms with Gasteiger partial charge in [-0.05, 0) is 31.0 Å². The first kappa shape index (κ1) is 22.9. The Kier molecular flexibility index (Phi) is 5.37. The molecule has 0 aliphatic rings. The molecule has 0 unspecified atom stereocenters. The molecular weight excluding hydrogens is 456 g/mol. The van der Waals surface area contributed by atoms with E-state index in [4.69, 9.17) is 4.74 Å². The quantitative estimate of drug-likeness (QED) is 0.414. The fourth-order valence-electron chi connectivity index (χ4n) is 4.43. The van der Waals surface area contributed by atoms with Gasteiger partial charge in [0.15, 0.2) is 11.4 Å². The Hall–Kier alpha value is -4.84. The number of aryl methyl sites for hydroxylation is 5. The average molecular weight is 483 g/mol. The molecule has 0 aliphatic heterocycles. The number of nitrogens with zero attached hydrogens (tertiary/aromatic N) is 5. The second kappa shape index (κ2) is 8.43. The maximum atomic E-state index is 13.1. The lowest BCUT2D eigenvalue weighted by atomic mass is 10.0. The van der Waals surface area contributed by atoms with Gasteiger partial charge >= 0.3 is 0 Å². The number of para-hydroxylation sites is 1. The molecule has 0 spiro atoms. The largest absolute Gasteiger partial charge is 0.455 e. The summed E-state index contributed by atoms with van der Waals surface area (Å²) < 4.78 is 10.9. The molecule has 0 aliphatic carbocycles. The molecule has 5 aromatic rings. The SMILES string of the molecule is Cc1cccc(C)c1Oc1cn(C)c(=O)cc1-c1cn(C)c(=O)c2[nH]c(-c3cn(C)nc3C#N)cc12.[HH]. The zero-order valence-electron chi connectivity index (χ0n) is 20.6. The predicted molar refractivity (Wildman–Crippen MR) is 139 cm³/mol. The van der Waals surface area contributed by atoms with Crippen LogP contribution in [-0.2, 0) is 21.1 Å². The standard InChI is InChI=1S/C27H24N6O3.H2/c1-15-7-6-8-16(2)26(15)36-23-14-31(3)24(34)10-17(23)19-12-32(4)27(35)25-18(19)9-21(29-25)20-13-33(5)30-22(20)11-28;/h6-10,12-14,29H,1-5H3;1H. The van der Waals surface area contributed by atoms with E-state index in [-0.39, 0.29) is 18.2 Å². The van der Waals surface area contributed by atoms with Crippen LogP contribution in [-0.4, -0.2) is 23.9 Å². The molecule has 1 N–H and O–H groups in total. The summed E-state index contributed by atoms with van der Waals surface area (Å²) in [5.74, 6) is 1.19. The number of rotatable bonds is 4. The fourth-order valence-corrected chi connectivity index (χ4v) is 4.43. The Morgan fingerprint density at radius 2 is 1.69 bits per heavy atom. The Bertz CT molecular complexity index is 1810. The van der Waals surface area contributed by atoms with Gasteiger partial charge in [-0.25, -0.2) is 0 Å². The lowest BCUT2D eigenvalue weighted by Gasteiger charge is -2.17. The Morgan fingerprint density at radius 1 is 0.972 bits per heavy atom. The van der Waals surface area contributed by atoms with Crippen LogP contribution in [0.1, 0.15) is 18.2 Å². The van der Waals surface area contributed by atoms with Crippen molar-refractivity contribution in [2.45, 2.75) is 13.8 Å². The zero-order chi connectivity index (χ0) is 25.7. The summed E-state index contributed by atoms with van der Waals surface area (Å²) in [5, 5.41) is 14.3. The third kappa shape index (κ3) is 3.69. The molecule has 4 aromatic heterocycles. The maximum Gasteiger partial charge on any atom is 0.274 e. The summed E-state index contributed by atoms with van der Waals surface area (Å²) in [6, 6.07) is 11.3. The van der Waals surface area contributed by atoms with Crippen LogP contribution in [0.4, 0.5) is 0 Å². The molecule has 0 saturated heterocycles. The van der Waals surface area contributed by atoms with Crippen molar-refractivity contribution in [1.82, 2.24) is 23.9 Å². The van der Waals surface area contributed by atoms with Crippen LogP contribution in [0.5, 0.6) is 11.5 Å². The van der Waals surface area contributed by atoms with Crippen LogP contribution in [0.2, 0.25) is 0 Å². The molecule has 0 atom stereocenters. The van der Waals surface area contributed by atoms with Crippen molar-refractivity contribution in [3.63, 3.8) is 0 Å². The minimum Gasteiger partial charge on any atom is -0.455 e. The summed E-state index contributed by atoms with van der Waals surface area (Å²) >= 11 is 0. The van der Waals surface area contributed by atoms with Crippen LogP contribution >= 0.6 is 0 Å². The van der Waals surface area contributed by atoms with E-state index in [9.17, 15) is 14.9 Å². The highest BCUT2D eigenvalue weighted by Crippen LogP contribution is 2.38. The number of hydrogen-bond donors (Lipinski definition) is 1. The number of ether oxygens (including phenoxy) is 1. The normalized spacial score (nSPS) is 11.1. The third-order valence-corrected chi connectivity index (χ3v) is 6.29. The lowest BCUT2D eigenvalue weighted by molar-refractivity contribution is 0.470. The molecule has 4 heterocycles. The number of pyridine rings is 2. The predicted octanol–water partition coefficient (Wildman–Crippen LogP) is 4.16. The molecule has 0 bridgehead atoms. The van der Waals surface area contributed by atoms with Gasteiger partial charge in [0.25, 0.3) is 11.1 Å². The molecule has 36 heavy (non-hydrogen) atoms. The number of aromatic amines is 1. The van der Waals surface area contributed by atoms with Gasteiger partial charge in [0, 0.05) is 57.5 Å². The highest BCUT2D eigenvalue weighted by atomic mass is 16.5. The summed E-state index contributed by atoms with van der Waals surface area (Å²) in [7, 11) is 5.05. The van der Waals surface area contributed by atoms with Crippen molar-refractivity contribution in [2.75, 3.05) is 0 Å². The van der Waals surface area contributed by atoms with Crippen LogP contribution in [0.3, 0.4) is 0 Å². The molecule has 0 saturated carbocycles. The molecular formula is C27H26N6O3. The highest BCUT2D eigenvalue weighted by Gasteiger charge is 2.20.